The maximum absolute atomic E-state index is 4.31. The van der Waals surface area contributed by atoms with Crippen LogP contribution < -0.4 is 21.4 Å². The minimum absolute atomic E-state index is 0.981. The van der Waals surface area contributed by atoms with Crippen LogP contribution >= 0.6 is 15.9 Å². The van der Waals surface area contributed by atoms with Gasteiger partial charge in [0.1, 0.15) is 0 Å². The monoisotopic (exact) mass is 697 g/mol. The number of aromatic amines is 4. The van der Waals surface area contributed by atoms with E-state index in [9.17, 15) is 0 Å². The summed E-state index contributed by atoms with van der Waals surface area (Å²) in [6, 6.07) is 38.0. The fourth-order valence-corrected chi connectivity index (χ4v) is 7.01. The van der Waals surface area contributed by atoms with Crippen molar-refractivity contribution < 1.29 is 0 Å². The van der Waals surface area contributed by atoms with Gasteiger partial charge in [-0.1, -0.05) is 28.1 Å². The van der Waals surface area contributed by atoms with E-state index in [-0.39, 0.29) is 0 Å². The van der Waals surface area contributed by atoms with Crippen molar-refractivity contribution >= 4 is 38.2 Å². The normalized spacial score (nSPS) is 12.8. The standard InChI is InChI=1S/C41H28BrN7/c42-29-3-1-25(2-4-29)38-30-5-7-32(46-30)39(26-13-19-43-20-14-26)34-9-11-36(48-34)41(28-17-23-45-24-18-28)37-12-10-35(49-37)40(27-15-21-44-22-16-27)33-8-6-31(38)47-33/h1-24,46-49H. The number of halogens is 1. The maximum Gasteiger partial charge on any atom is 0.0485 e. The lowest BCUT2D eigenvalue weighted by Gasteiger charge is -2.09. The molecule has 7 aromatic heterocycles. The van der Waals surface area contributed by atoms with Gasteiger partial charge < -0.3 is 19.9 Å². The number of pyridine rings is 3. The molecule has 0 fully saturated rings. The van der Waals surface area contributed by atoms with Crippen molar-refractivity contribution in [2.75, 3.05) is 0 Å². The van der Waals surface area contributed by atoms with E-state index < -0.39 is 0 Å². The molecule has 1 aliphatic heterocycles. The molecule has 0 aliphatic carbocycles. The smallest absolute Gasteiger partial charge is 0.0485 e. The topological polar surface area (TPSA) is 102 Å². The number of nitrogens with one attached hydrogen (secondary N) is 4. The van der Waals surface area contributed by atoms with Gasteiger partial charge in [-0.2, -0.15) is 0 Å². The van der Waals surface area contributed by atoms with E-state index in [0.717, 1.165) is 93.2 Å². The number of H-pyrrole nitrogens is 4. The molecule has 9 rings (SSSR count). The largest absolute Gasteiger partial charge is 0.354 e. The Morgan fingerprint density at radius 1 is 0.306 bits per heavy atom. The summed E-state index contributed by atoms with van der Waals surface area (Å²) >= 11 is 3.63. The predicted molar refractivity (Wildman–Crippen MR) is 195 cm³/mol. The number of benzene rings is 1. The molecule has 0 saturated heterocycles. The third-order valence-corrected chi connectivity index (χ3v) is 9.47. The Labute approximate surface area is 289 Å². The molecule has 1 aromatic carbocycles. The fraction of sp³-hybridized carbons (Fsp3) is 0. The third-order valence-electron chi connectivity index (χ3n) is 8.94. The molecule has 7 nitrogen and oxygen atoms in total. The lowest BCUT2D eigenvalue weighted by atomic mass is 10.0. The van der Waals surface area contributed by atoms with Crippen LogP contribution in [0.25, 0.3) is 22.3 Å². The van der Waals surface area contributed by atoms with Crippen LogP contribution in [0.1, 0.15) is 45.0 Å². The van der Waals surface area contributed by atoms with Crippen LogP contribution in [0.15, 0.2) is 151 Å². The predicted octanol–water partition coefficient (Wildman–Crippen LogP) is 5.25. The van der Waals surface area contributed by atoms with Gasteiger partial charge >= 0.3 is 0 Å². The average molecular weight is 699 g/mol. The van der Waals surface area contributed by atoms with E-state index in [2.05, 4.69) is 124 Å². The Kier molecular flexibility index (Phi) is 7.13. The lowest BCUT2D eigenvalue weighted by molar-refractivity contribution is 1.18. The molecule has 8 aromatic rings. The van der Waals surface area contributed by atoms with Crippen LogP contribution in [0.2, 0.25) is 0 Å². The van der Waals surface area contributed by atoms with E-state index in [1.54, 1.807) is 0 Å². The van der Waals surface area contributed by atoms with Gasteiger partial charge in [0, 0.05) is 108 Å². The number of hydrogen-bond donors (Lipinski definition) is 4. The number of hydrogen-bond acceptors (Lipinski definition) is 3. The Hall–Kier alpha value is -6.25. The summed E-state index contributed by atoms with van der Waals surface area (Å²) < 4.78 is 1.03. The van der Waals surface area contributed by atoms with Gasteiger partial charge in [0.05, 0.1) is 0 Å². The molecule has 0 amide bonds. The molecule has 1 aliphatic rings. The summed E-state index contributed by atoms with van der Waals surface area (Å²) in [6.07, 6.45) is 11.0. The van der Waals surface area contributed by atoms with E-state index >= 15 is 0 Å². The van der Waals surface area contributed by atoms with Gasteiger partial charge in [-0.25, -0.2) is 0 Å². The molecular weight excluding hydrogens is 670 g/mol. The van der Waals surface area contributed by atoms with Crippen molar-refractivity contribution in [1.82, 2.24) is 34.9 Å². The van der Waals surface area contributed by atoms with Crippen LogP contribution in [-0.4, -0.2) is 34.9 Å². The highest BCUT2D eigenvalue weighted by Crippen LogP contribution is 2.28. The van der Waals surface area contributed by atoms with Gasteiger partial charge in [0.25, 0.3) is 0 Å². The zero-order valence-electron chi connectivity index (χ0n) is 26.1. The van der Waals surface area contributed by atoms with Crippen LogP contribution in [0.5, 0.6) is 0 Å². The van der Waals surface area contributed by atoms with E-state index in [0.29, 0.717) is 0 Å². The molecule has 0 atom stereocenters. The van der Waals surface area contributed by atoms with Crippen LogP contribution in [-0.2, 0) is 0 Å². The summed E-state index contributed by atoms with van der Waals surface area (Å²) in [5.41, 5.74) is 12.4. The first-order chi connectivity index (χ1) is 24.2. The van der Waals surface area contributed by atoms with Crippen LogP contribution in [0.3, 0.4) is 0 Å². The van der Waals surface area contributed by atoms with E-state index in [4.69, 9.17) is 0 Å². The SMILES string of the molecule is Brc1ccc(C2=c3ccc([nH]3)=C(c3ccncc3)c3ccc([nH]3)C(c3ccncc3)=c3ccc([nH]3)=C(c3ccncc3)c3ccc2[nH]3)cc1. The third kappa shape index (κ3) is 5.28. The lowest BCUT2D eigenvalue weighted by Crippen LogP contribution is -2.19. The number of rotatable bonds is 4. The molecule has 234 valence electrons. The second-order valence-electron chi connectivity index (χ2n) is 11.9. The number of nitrogens with zero attached hydrogens (tertiary/aromatic N) is 3. The van der Waals surface area contributed by atoms with E-state index in [1.165, 1.54) is 0 Å². The molecule has 8 heterocycles. The van der Waals surface area contributed by atoms with Gasteiger partial charge in [-0.15, -0.1) is 0 Å². The van der Waals surface area contributed by atoms with Crippen LogP contribution in [0, 0.1) is 0 Å². The van der Waals surface area contributed by atoms with Crippen molar-refractivity contribution in [3.63, 3.8) is 0 Å². The fourth-order valence-electron chi connectivity index (χ4n) is 6.74. The molecule has 4 N–H and O–H groups in total. The zero-order valence-corrected chi connectivity index (χ0v) is 27.7. The minimum Gasteiger partial charge on any atom is -0.354 e. The highest BCUT2D eigenvalue weighted by Gasteiger charge is 2.18. The quantitative estimate of drug-likeness (QED) is 0.202. The van der Waals surface area contributed by atoms with Gasteiger partial charge in [-0.05, 0) is 119 Å². The average Bonchev–Trinajstić information content (AvgIpc) is 3.98. The van der Waals surface area contributed by atoms with Crippen LogP contribution in [0.4, 0.5) is 0 Å². The highest BCUT2D eigenvalue weighted by atomic mass is 79.9. The molecular formula is C41H28BrN7. The summed E-state index contributed by atoms with van der Waals surface area (Å²) in [4.78, 5) is 28.1. The molecule has 49 heavy (non-hydrogen) atoms. The summed E-state index contributed by atoms with van der Waals surface area (Å²) in [5.74, 6) is 0. The first kappa shape index (κ1) is 28.9. The molecule has 0 spiro atoms. The summed E-state index contributed by atoms with van der Waals surface area (Å²) in [5, 5.41) is 3.94. The minimum atomic E-state index is 0.981. The van der Waals surface area contributed by atoms with Crippen molar-refractivity contribution in [3.8, 4) is 0 Å². The number of aromatic nitrogens is 7. The van der Waals surface area contributed by atoms with E-state index in [1.807, 2.05) is 73.6 Å². The van der Waals surface area contributed by atoms with Gasteiger partial charge in [0.2, 0.25) is 0 Å². The highest BCUT2D eigenvalue weighted by molar-refractivity contribution is 9.10. The molecule has 0 saturated carbocycles. The first-order valence-corrected chi connectivity index (χ1v) is 16.7. The van der Waals surface area contributed by atoms with Crippen molar-refractivity contribution in [2.24, 2.45) is 0 Å². The Balaban J connectivity index is 1.44. The first-order valence-electron chi connectivity index (χ1n) is 15.9. The maximum atomic E-state index is 4.31. The molecule has 8 bridgehead atoms. The van der Waals surface area contributed by atoms with Crippen molar-refractivity contribution in [2.45, 2.75) is 0 Å². The summed E-state index contributed by atoms with van der Waals surface area (Å²) in [6.45, 7) is 0. The van der Waals surface area contributed by atoms with Crippen molar-refractivity contribution in [3.05, 3.63) is 217 Å². The second kappa shape index (κ2) is 12.1. The number of fused-ring (bicyclic) bond motifs is 8. The molecule has 8 heteroatoms. The Morgan fingerprint density at radius 2 is 0.592 bits per heavy atom. The second-order valence-corrected chi connectivity index (χ2v) is 12.8. The summed E-state index contributed by atoms with van der Waals surface area (Å²) in [7, 11) is 0. The molecule has 0 radical (unpaired) electrons. The van der Waals surface area contributed by atoms with Gasteiger partial charge in [0.15, 0.2) is 0 Å². The van der Waals surface area contributed by atoms with Crippen molar-refractivity contribution in [1.29, 1.82) is 0 Å². The Bertz CT molecular complexity index is 2700. The molecule has 0 unspecified atom stereocenters. The zero-order chi connectivity index (χ0) is 32.7. The van der Waals surface area contributed by atoms with Gasteiger partial charge in [-0.3, -0.25) is 15.0 Å². The Morgan fingerprint density at radius 3 is 0.898 bits per heavy atom.